The van der Waals surface area contributed by atoms with Crippen molar-refractivity contribution in [2.75, 3.05) is 5.32 Å². The molecule has 0 aliphatic heterocycles. The Bertz CT molecular complexity index is 672. The van der Waals surface area contributed by atoms with Crippen LogP contribution in [0.2, 0.25) is 0 Å². The molecule has 2 heterocycles. The van der Waals surface area contributed by atoms with E-state index < -0.39 is 5.97 Å². The van der Waals surface area contributed by atoms with Crippen LogP contribution in [-0.2, 0) is 11.8 Å². The van der Waals surface area contributed by atoms with Crippen LogP contribution in [0.5, 0.6) is 0 Å². The molecule has 6 heteroatoms. The first-order valence-corrected chi connectivity index (χ1v) is 7.34. The summed E-state index contributed by atoms with van der Waals surface area (Å²) >= 11 is 0. The number of carbonyl (C=O) groups is 1. The average Bonchev–Trinajstić information content (AvgIpc) is 2.76. The third kappa shape index (κ3) is 2.57. The van der Waals surface area contributed by atoms with E-state index in [-0.39, 0.29) is 5.92 Å². The Morgan fingerprint density at radius 2 is 2.10 bits per heavy atom. The highest BCUT2D eigenvalue weighted by Gasteiger charge is 2.26. The zero-order chi connectivity index (χ0) is 15.0. The van der Waals surface area contributed by atoms with Gasteiger partial charge in [0.2, 0.25) is 0 Å². The summed E-state index contributed by atoms with van der Waals surface area (Å²) in [5.41, 5.74) is 2.88. The minimum Gasteiger partial charge on any atom is -0.481 e. The highest BCUT2D eigenvalue weighted by atomic mass is 16.4. The largest absolute Gasteiger partial charge is 0.481 e. The molecule has 2 N–H and O–H groups in total. The van der Waals surface area contributed by atoms with Gasteiger partial charge in [-0.1, -0.05) is 0 Å². The number of pyridine rings is 1. The van der Waals surface area contributed by atoms with Crippen LogP contribution in [0.4, 0.5) is 5.69 Å². The third-order valence-electron chi connectivity index (χ3n) is 4.34. The summed E-state index contributed by atoms with van der Waals surface area (Å²) in [4.78, 5) is 15.4. The van der Waals surface area contributed by atoms with Crippen molar-refractivity contribution in [2.45, 2.75) is 38.6 Å². The molecule has 6 nitrogen and oxygen atoms in total. The monoisotopic (exact) mass is 288 g/mol. The van der Waals surface area contributed by atoms with Gasteiger partial charge in [0.05, 0.1) is 17.0 Å². The second kappa shape index (κ2) is 5.35. The van der Waals surface area contributed by atoms with Gasteiger partial charge in [-0.2, -0.15) is 5.10 Å². The molecule has 112 valence electrons. The van der Waals surface area contributed by atoms with Gasteiger partial charge in [0.25, 0.3) is 0 Å². The predicted molar refractivity (Wildman–Crippen MR) is 80.3 cm³/mol. The molecule has 0 spiro atoms. The molecule has 1 aliphatic carbocycles. The van der Waals surface area contributed by atoms with Gasteiger partial charge in [0, 0.05) is 25.0 Å². The molecule has 0 aromatic carbocycles. The summed E-state index contributed by atoms with van der Waals surface area (Å²) in [7, 11) is 1.89. The second-order valence-electron chi connectivity index (χ2n) is 5.80. The average molecular weight is 288 g/mol. The van der Waals surface area contributed by atoms with Gasteiger partial charge in [-0.15, -0.1) is 0 Å². The van der Waals surface area contributed by atoms with E-state index in [4.69, 9.17) is 5.11 Å². The highest BCUT2D eigenvalue weighted by molar-refractivity contribution is 5.91. The van der Waals surface area contributed by atoms with Gasteiger partial charge in [-0.05, 0) is 38.7 Å². The molecule has 0 saturated heterocycles. The number of hydrogen-bond acceptors (Lipinski definition) is 4. The number of carboxylic acid groups (broad SMARTS) is 1. The fraction of sp³-hybridized carbons (Fsp3) is 0.533. The standard InChI is InChI=1S/C15H20N4O2/c1-9-13-12(7-8-16-14(13)19(2)18-9)17-11-5-3-10(4-6-11)15(20)21/h7-8,10-11H,3-6H2,1-2H3,(H,16,17)(H,20,21). The molecule has 0 bridgehead atoms. The van der Waals surface area contributed by atoms with Crippen molar-refractivity contribution in [3.8, 4) is 0 Å². The molecule has 3 rings (SSSR count). The second-order valence-corrected chi connectivity index (χ2v) is 5.80. The molecule has 0 unspecified atom stereocenters. The number of aromatic nitrogens is 3. The Morgan fingerprint density at radius 1 is 1.38 bits per heavy atom. The third-order valence-corrected chi connectivity index (χ3v) is 4.34. The van der Waals surface area contributed by atoms with Crippen LogP contribution in [0.15, 0.2) is 12.3 Å². The van der Waals surface area contributed by atoms with Crippen LogP contribution < -0.4 is 5.32 Å². The van der Waals surface area contributed by atoms with E-state index >= 15 is 0 Å². The van der Waals surface area contributed by atoms with Crippen molar-refractivity contribution in [3.63, 3.8) is 0 Å². The van der Waals surface area contributed by atoms with Crippen molar-refractivity contribution >= 4 is 22.7 Å². The maximum Gasteiger partial charge on any atom is 0.306 e. The lowest BCUT2D eigenvalue weighted by atomic mass is 9.86. The Balaban J connectivity index is 1.79. The smallest absolute Gasteiger partial charge is 0.306 e. The number of nitrogens with zero attached hydrogens (tertiary/aromatic N) is 3. The quantitative estimate of drug-likeness (QED) is 0.906. The molecule has 1 aliphatic rings. The van der Waals surface area contributed by atoms with Crippen molar-refractivity contribution in [2.24, 2.45) is 13.0 Å². The first-order valence-electron chi connectivity index (χ1n) is 7.34. The number of fused-ring (bicyclic) bond motifs is 1. The van der Waals surface area contributed by atoms with Crippen molar-refractivity contribution in [1.29, 1.82) is 0 Å². The van der Waals surface area contributed by atoms with Crippen molar-refractivity contribution in [3.05, 3.63) is 18.0 Å². The van der Waals surface area contributed by atoms with E-state index in [1.165, 1.54) is 0 Å². The van der Waals surface area contributed by atoms with Gasteiger partial charge in [0.15, 0.2) is 5.65 Å². The fourth-order valence-corrected chi connectivity index (χ4v) is 3.20. The molecule has 1 saturated carbocycles. The molecule has 2 aromatic rings. The summed E-state index contributed by atoms with van der Waals surface area (Å²) in [6.45, 7) is 1.98. The highest BCUT2D eigenvalue weighted by Crippen LogP contribution is 2.30. The Kier molecular flexibility index (Phi) is 3.53. The Morgan fingerprint density at radius 3 is 2.76 bits per heavy atom. The fourth-order valence-electron chi connectivity index (χ4n) is 3.20. The van der Waals surface area contributed by atoms with Crippen molar-refractivity contribution in [1.82, 2.24) is 14.8 Å². The molecule has 0 radical (unpaired) electrons. The number of aryl methyl sites for hydroxylation is 2. The molecular weight excluding hydrogens is 268 g/mol. The lowest BCUT2D eigenvalue weighted by molar-refractivity contribution is -0.142. The SMILES string of the molecule is Cc1nn(C)c2nccc(NC3CCC(C(=O)O)CC3)c12. The van der Waals surface area contributed by atoms with Gasteiger partial charge in [-0.25, -0.2) is 4.98 Å². The number of nitrogens with one attached hydrogen (secondary N) is 1. The molecule has 0 amide bonds. The normalized spacial score (nSPS) is 22.4. The summed E-state index contributed by atoms with van der Waals surface area (Å²) in [5, 5.41) is 18.1. The minimum absolute atomic E-state index is 0.180. The zero-order valence-electron chi connectivity index (χ0n) is 12.3. The first kappa shape index (κ1) is 13.9. The van der Waals surface area contributed by atoms with Crippen LogP contribution in [-0.4, -0.2) is 31.9 Å². The summed E-state index contributed by atoms with van der Waals surface area (Å²) in [6.07, 6.45) is 5.05. The molecule has 1 fully saturated rings. The van der Waals surface area contributed by atoms with E-state index in [1.54, 1.807) is 10.9 Å². The minimum atomic E-state index is -0.664. The lowest BCUT2D eigenvalue weighted by Gasteiger charge is -2.27. The van der Waals surface area contributed by atoms with Gasteiger partial charge in [-0.3, -0.25) is 9.48 Å². The maximum atomic E-state index is 11.0. The predicted octanol–water partition coefficient (Wildman–Crippen LogP) is 2.33. The molecular formula is C15H20N4O2. The van der Waals surface area contributed by atoms with Gasteiger partial charge < -0.3 is 10.4 Å². The molecule has 2 aromatic heterocycles. The summed E-state index contributed by atoms with van der Waals surface area (Å²) in [6, 6.07) is 2.30. The zero-order valence-corrected chi connectivity index (χ0v) is 12.3. The van der Waals surface area contributed by atoms with Crippen LogP contribution in [0.1, 0.15) is 31.4 Å². The summed E-state index contributed by atoms with van der Waals surface area (Å²) < 4.78 is 1.79. The van der Waals surface area contributed by atoms with Crippen LogP contribution in [0, 0.1) is 12.8 Å². The van der Waals surface area contributed by atoms with Crippen LogP contribution in [0.3, 0.4) is 0 Å². The van der Waals surface area contributed by atoms with Gasteiger partial charge >= 0.3 is 5.97 Å². The Hall–Kier alpha value is -2.11. The van der Waals surface area contributed by atoms with E-state index in [2.05, 4.69) is 15.4 Å². The van der Waals surface area contributed by atoms with Crippen LogP contribution in [0.25, 0.3) is 11.0 Å². The van der Waals surface area contributed by atoms with E-state index in [1.807, 2.05) is 20.0 Å². The molecule has 0 atom stereocenters. The van der Waals surface area contributed by atoms with E-state index in [0.717, 1.165) is 48.1 Å². The van der Waals surface area contributed by atoms with Gasteiger partial charge in [0.1, 0.15) is 0 Å². The number of carboxylic acids is 1. The number of hydrogen-bond donors (Lipinski definition) is 2. The number of aliphatic carboxylic acids is 1. The lowest BCUT2D eigenvalue weighted by Crippen LogP contribution is -2.29. The number of anilines is 1. The summed E-state index contributed by atoms with van der Waals surface area (Å²) in [5.74, 6) is -0.844. The van der Waals surface area contributed by atoms with E-state index in [0.29, 0.717) is 6.04 Å². The van der Waals surface area contributed by atoms with Crippen molar-refractivity contribution < 1.29 is 9.90 Å². The first-order chi connectivity index (χ1) is 10.1. The Labute approximate surface area is 123 Å². The topological polar surface area (TPSA) is 80.0 Å². The maximum absolute atomic E-state index is 11.0. The molecule has 21 heavy (non-hydrogen) atoms. The number of rotatable bonds is 3. The van der Waals surface area contributed by atoms with E-state index in [9.17, 15) is 4.79 Å². The van der Waals surface area contributed by atoms with Crippen LogP contribution >= 0.6 is 0 Å².